The Kier molecular flexibility index (Phi) is 3.25. The molecule has 0 bridgehead atoms. The van der Waals surface area contributed by atoms with E-state index in [0.717, 1.165) is 5.69 Å². The second kappa shape index (κ2) is 4.84. The standard InChI is InChI=1S/C13H14N2O2/c1-14(17-2)13(16)11-6-5-7-12(10-11)15-8-3-4-9-15/h3-10H,1-2H3. The van der Waals surface area contributed by atoms with Gasteiger partial charge in [0.05, 0.1) is 7.11 Å². The smallest absolute Gasteiger partial charge is 0.277 e. The van der Waals surface area contributed by atoms with Crippen LogP contribution in [0.1, 0.15) is 10.4 Å². The van der Waals surface area contributed by atoms with E-state index in [1.54, 1.807) is 13.1 Å². The van der Waals surface area contributed by atoms with Crippen LogP contribution in [0, 0.1) is 0 Å². The topological polar surface area (TPSA) is 34.5 Å². The van der Waals surface area contributed by atoms with E-state index in [9.17, 15) is 4.79 Å². The molecule has 0 radical (unpaired) electrons. The van der Waals surface area contributed by atoms with Crippen molar-refractivity contribution in [3.05, 3.63) is 54.4 Å². The van der Waals surface area contributed by atoms with Crippen molar-refractivity contribution in [2.75, 3.05) is 14.2 Å². The first-order valence-corrected chi connectivity index (χ1v) is 5.28. The number of benzene rings is 1. The highest BCUT2D eigenvalue weighted by atomic mass is 16.7. The number of hydrogen-bond donors (Lipinski definition) is 0. The summed E-state index contributed by atoms with van der Waals surface area (Å²) in [6.45, 7) is 0. The SMILES string of the molecule is CON(C)C(=O)c1cccc(-n2cccc2)c1. The lowest BCUT2D eigenvalue weighted by Gasteiger charge is -2.14. The van der Waals surface area contributed by atoms with E-state index >= 15 is 0 Å². The first-order chi connectivity index (χ1) is 8.22. The molecule has 0 fully saturated rings. The van der Waals surface area contributed by atoms with Crippen molar-refractivity contribution >= 4 is 5.91 Å². The second-order valence-corrected chi connectivity index (χ2v) is 3.63. The number of nitrogens with zero attached hydrogens (tertiary/aromatic N) is 2. The molecule has 0 aliphatic heterocycles. The molecule has 1 aromatic carbocycles. The summed E-state index contributed by atoms with van der Waals surface area (Å²) in [7, 11) is 3.05. The van der Waals surface area contributed by atoms with Gasteiger partial charge in [-0.1, -0.05) is 6.07 Å². The minimum atomic E-state index is -0.165. The van der Waals surface area contributed by atoms with Crippen molar-refractivity contribution < 1.29 is 9.63 Å². The van der Waals surface area contributed by atoms with Gasteiger partial charge in [-0.2, -0.15) is 0 Å². The molecule has 0 aliphatic rings. The molecule has 0 atom stereocenters. The summed E-state index contributed by atoms with van der Waals surface area (Å²) >= 11 is 0. The Morgan fingerprint density at radius 2 is 1.94 bits per heavy atom. The Morgan fingerprint density at radius 1 is 1.24 bits per heavy atom. The van der Waals surface area contributed by atoms with Crippen LogP contribution in [0.5, 0.6) is 0 Å². The van der Waals surface area contributed by atoms with E-state index in [1.165, 1.54) is 12.2 Å². The number of hydrogen-bond acceptors (Lipinski definition) is 2. The lowest BCUT2D eigenvalue weighted by atomic mass is 10.2. The zero-order valence-electron chi connectivity index (χ0n) is 9.83. The predicted molar refractivity (Wildman–Crippen MR) is 64.9 cm³/mol. The van der Waals surface area contributed by atoms with Crippen LogP contribution in [0.4, 0.5) is 0 Å². The summed E-state index contributed by atoms with van der Waals surface area (Å²) < 4.78 is 1.95. The third-order valence-electron chi connectivity index (χ3n) is 2.56. The molecule has 17 heavy (non-hydrogen) atoms. The largest absolute Gasteiger partial charge is 0.324 e. The van der Waals surface area contributed by atoms with Gasteiger partial charge in [0.15, 0.2) is 0 Å². The van der Waals surface area contributed by atoms with Crippen LogP contribution < -0.4 is 0 Å². The van der Waals surface area contributed by atoms with Crippen molar-refractivity contribution in [3.63, 3.8) is 0 Å². The molecule has 0 unspecified atom stereocenters. The quantitative estimate of drug-likeness (QED) is 0.757. The van der Waals surface area contributed by atoms with Crippen LogP contribution in [-0.4, -0.2) is 29.7 Å². The van der Waals surface area contributed by atoms with Crippen molar-refractivity contribution in [1.82, 2.24) is 9.63 Å². The molecule has 4 heteroatoms. The van der Waals surface area contributed by atoms with Gasteiger partial charge in [-0.05, 0) is 30.3 Å². The first kappa shape index (κ1) is 11.4. The van der Waals surface area contributed by atoms with Gasteiger partial charge in [0, 0.05) is 30.7 Å². The monoisotopic (exact) mass is 230 g/mol. The third kappa shape index (κ3) is 2.37. The maximum atomic E-state index is 11.9. The molecule has 1 heterocycles. The van der Waals surface area contributed by atoms with E-state index in [-0.39, 0.29) is 5.91 Å². The van der Waals surface area contributed by atoms with Gasteiger partial charge in [-0.15, -0.1) is 0 Å². The van der Waals surface area contributed by atoms with Crippen molar-refractivity contribution in [1.29, 1.82) is 0 Å². The molecule has 0 saturated carbocycles. The highest BCUT2D eigenvalue weighted by molar-refractivity contribution is 5.93. The normalized spacial score (nSPS) is 10.2. The van der Waals surface area contributed by atoms with Gasteiger partial charge >= 0.3 is 0 Å². The molecule has 2 aromatic rings. The van der Waals surface area contributed by atoms with Crippen molar-refractivity contribution in [3.8, 4) is 5.69 Å². The molecule has 88 valence electrons. The molecule has 4 nitrogen and oxygen atoms in total. The molecule has 0 saturated heterocycles. The first-order valence-electron chi connectivity index (χ1n) is 5.28. The Hall–Kier alpha value is -2.07. The van der Waals surface area contributed by atoms with Gasteiger partial charge in [0.1, 0.15) is 0 Å². The molecule has 0 N–H and O–H groups in total. The summed E-state index contributed by atoms with van der Waals surface area (Å²) in [5.74, 6) is -0.165. The number of carbonyl (C=O) groups is 1. The molecule has 0 spiro atoms. The number of hydroxylamine groups is 2. The van der Waals surface area contributed by atoms with Gasteiger partial charge < -0.3 is 4.57 Å². The maximum absolute atomic E-state index is 11.9. The molecule has 1 amide bonds. The number of amides is 1. The minimum Gasteiger partial charge on any atom is -0.324 e. The zero-order chi connectivity index (χ0) is 12.3. The molecule has 2 rings (SSSR count). The fourth-order valence-corrected chi connectivity index (χ4v) is 1.57. The zero-order valence-corrected chi connectivity index (χ0v) is 9.83. The van der Waals surface area contributed by atoms with E-state index in [2.05, 4.69) is 0 Å². The van der Waals surface area contributed by atoms with E-state index < -0.39 is 0 Å². The number of carbonyl (C=O) groups excluding carboxylic acids is 1. The Balaban J connectivity index is 2.32. The van der Waals surface area contributed by atoms with E-state index in [1.807, 2.05) is 47.3 Å². The van der Waals surface area contributed by atoms with Gasteiger partial charge in [0.25, 0.3) is 5.91 Å². The van der Waals surface area contributed by atoms with Crippen LogP contribution in [0.15, 0.2) is 48.8 Å². The maximum Gasteiger partial charge on any atom is 0.277 e. The summed E-state index contributed by atoms with van der Waals surface area (Å²) in [6, 6.07) is 11.3. The van der Waals surface area contributed by atoms with Crippen LogP contribution >= 0.6 is 0 Å². The van der Waals surface area contributed by atoms with Gasteiger partial charge in [0.2, 0.25) is 0 Å². The average Bonchev–Trinajstić information content (AvgIpc) is 2.91. The lowest BCUT2D eigenvalue weighted by Crippen LogP contribution is -2.25. The highest BCUT2D eigenvalue weighted by Gasteiger charge is 2.11. The van der Waals surface area contributed by atoms with Crippen LogP contribution in [0.3, 0.4) is 0 Å². The summed E-state index contributed by atoms with van der Waals surface area (Å²) in [4.78, 5) is 16.8. The molecule has 0 aliphatic carbocycles. The fourth-order valence-electron chi connectivity index (χ4n) is 1.57. The molecule has 1 aromatic heterocycles. The van der Waals surface area contributed by atoms with E-state index in [4.69, 9.17) is 4.84 Å². The van der Waals surface area contributed by atoms with Crippen LogP contribution in [0.25, 0.3) is 5.69 Å². The van der Waals surface area contributed by atoms with Crippen molar-refractivity contribution in [2.45, 2.75) is 0 Å². The second-order valence-electron chi connectivity index (χ2n) is 3.63. The summed E-state index contributed by atoms with van der Waals surface area (Å²) in [5, 5.41) is 1.20. The summed E-state index contributed by atoms with van der Waals surface area (Å²) in [5.41, 5.74) is 1.55. The fraction of sp³-hybridized carbons (Fsp3) is 0.154. The molecular formula is C13H14N2O2. The van der Waals surface area contributed by atoms with E-state index in [0.29, 0.717) is 5.56 Å². The van der Waals surface area contributed by atoms with Gasteiger partial charge in [-0.3, -0.25) is 9.63 Å². The average molecular weight is 230 g/mol. The predicted octanol–water partition coefficient (Wildman–Crippen LogP) is 2.11. The molecular weight excluding hydrogens is 216 g/mol. The van der Waals surface area contributed by atoms with Crippen LogP contribution in [0.2, 0.25) is 0 Å². The van der Waals surface area contributed by atoms with Gasteiger partial charge in [-0.25, -0.2) is 5.06 Å². The Bertz CT molecular complexity index is 506. The number of aromatic nitrogens is 1. The Morgan fingerprint density at radius 3 is 2.59 bits per heavy atom. The van der Waals surface area contributed by atoms with Crippen LogP contribution in [-0.2, 0) is 4.84 Å². The van der Waals surface area contributed by atoms with Crippen molar-refractivity contribution in [2.24, 2.45) is 0 Å². The highest BCUT2D eigenvalue weighted by Crippen LogP contribution is 2.12. The lowest BCUT2D eigenvalue weighted by molar-refractivity contribution is -0.0756. The third-order valence-corrected chi connectivity index (χ3v) is 2.56. The number of rotatable bonds is 3. The minimum absolute atomic E-state index is 0.165. The Labute approximate surface area is 100.0 Å². The summed E-state index contributed by atoms with van der Waals surface area (Å²) in [6.07, 6.45) is 3.87.